The lowest BCUT2D eigenvalue weighted by Crippen LogP contribution is -2.46. The van der Waals surface area contributed by atoms with E-state index in [1.165, 1.54) is 10.5 Å². The van der Waals surface area contributed by atoms with Gasteiger partial charge in [-0.1, -0.05) is 6.92 Å². The van der Waals surface area contributed by atoms with Gasteiger partial charge in [0.05, 0.1) is 15.7 Å². The zero-order chi connectivity index (χ0) is 19.7. The topological polar surface area (TPSA) is 92.3 Å². The lowest BCUT2D eigenvalue weighted by atomic mass is 9.87. The molecule has 1 aliphatic rings. The molecule has 2 unspecified atom stereocenters. The van der Waals surface area contributed by atoms with E-state index >= 15 is 0 Å². The number of rotatable bonds is 4. The molecular formula is C19H20N4O3S2. The monoisotopic (exact) mass is 416 g/mol. The lowest BCUT2D eigenvalue weighted by molar-refractivity contribution is -0.122. The molecule has 146 valence electrons. The SMILES string of the molecule is CC1CN(S(=O)(=O)c2cccnc2)CCC1C(=O)Nc1ccc2scnc2c1. The number of nitrogens with one attached hydrogen (secondary N) is 1. The summed E-state index contributed by atoms with van der Waals surface area (Å²) in [6.45, 7) is 2.53. The van der Waals surface area contributed by atoms with E-state index in [-0.39, 0.29) is 22.6 Å². The van der Waals surface area contributed by atoms with E-state index in [1.807, 2.05) is 25.1 Å². The highest BCUT2D eigenvalue weighted by Crippen LogP contribution is 2.29. The minimum Gasteiger partial charge on any atom is -0.326 e. The van der Waals surface area contributed by atoms with E-state index in [1.54, 1.807) is 35.2 Å². The Kier molecular flexibility index (Phi) is 5.13. The van der Waals surface area contributed by atoms with Crippen LogP contribution in [0, 0.1) is 11.8 Å². The smallest absolute Gasteiger partial charge is 0.244 e. The molecule has 0 radical (unpaired) electrons. The Morgan fingerprint density at radius 2 is 2.18 bits per heavy atom. The molecule has 0 aliphatic carbocycles. The highest BCUT2D eigenvalue weighted by molar-refractivity contribution is 7.89. The Bertz CT molecular complexity index is 1100. The number of benzene rings is 1. The fourth-order valence-corrected chi connectivity index (χ4v) is 5.71. The van der Waals surface area contributed by atoms with Gasteiger partial charge in [-0.3, -0.25) is 9.78 Å². The van der Waals surface area contributed by atoms with E-state index in [9.17, 15) is 13.2 Å². The summed E-state index contributed by atoms with van der Waals surface area (Å²) in [5.74, 6) is -0.421. The Hall–Kier alpha value is -2.36. The van der Waals surface area contributed by atoms with Crippen molar-refractivity contribution in [2.24, 2.45) is 11.8 Å². The minimum atomic E-state index is -3.59. The van der Waals surface area contributed by atoms with Crippen molar-refractivity contribution in [2.75, 3.05) is 18.4 Å². The molecule has 4 rings (SSSR count). The molecule has 3 aromatic rings. The van der Waals surface area contributed by atoms with Crippen LogP contribution in [0.2, 0.25) is 0 Å². The van der Waals surface area contributed by atoms with Gasteiger partial charge in [0.2, 0.25) is 15.9 Å². The molecule has 2 aromatic heterocycles. The predicted octanol–water partition coefficient (Wildman–Crippen LogP) is 2.98. The van der Waals surface area contributed by atoms with Crippen LogP contribution in [0.1, 0.15) is 13.3 Å². The van der Waals surface area contributed by atoms with E-state index in [0.29, 0.717) is 25.2 Å². The van der Waals surface area contributed by atoms with Crippen LogP contribution in [0.3, 0.4) is 0 Å². The number of thiazole rings is 1. The lowest BCUT2D eigenvalue weighted by Gasteiger charge is -2.35. The van der Waals surface area contributed by atoms with Crippen molar-refractivity contribution in [3.63, 3.8) is 0 Å². The summed E-state index contributed by atoms with van der Waals surface area (Å²) in [6, 6.07) is 8.81. The summed E-state index contributed by atoms with van der Waals surface area (Å²) in [4.78, 5) is 21.1. The van der Waals surface area contributed by atoms with Gasteiger partial charge in [-0.05, 0) is 42.7 Å². The highest BCUT2D eigenvalue weighted by atomic mass is 32.2. The number of sulfonamides is 1. The molecule has 1 saturated heterocycles. The summed E-state index contributed by atoms with van der Waals surface area (Å²) in [5.41, 5.74) is 3.34. The predicted molar refractivity (Wildman–Crippen MR) is 109 cm³/mol. The second-order valence-corrected chi connectivity index (χ2v) is 9.77. The molecular weight excluding hydrogens is 396 g/mol. The van der Waals surface area contributed by atoms with Crippen molar-refractivity contribution < 1.29 is 13.2 Å². The molecule has 1 N–H and O–H groups in total. The van der Waals surface area contributed by atoms with Crippen molar-refractivity contribution in [3.05, 3.63) is 48.2 Å². The van der Waals surface area contributed by atoms with Gasteiger partial charge in [-0.25, -0.2) is 13.4 Å². The van der Waals surface area contributed by atoms with Crippen LogP contribution in [-0.4, -0.2) is 41.7 Å². The van der Waals surface area contributed by atoms with Crippen molar-refractivity contribution >= 4 is 43.2 Å². The summed E-state index contributed by atoms with van der Waals surface area (Å²) in [5, 5.41) is 2.96. The van der Waals surface area contributed by atoms with Gasteiger partial charge in [-0.2, -0.15) is 4.31 Å². The zero-order valence-electron chi connectivity index (χ0n) is 15.3. The molecule has 2 atom stereocenters. The average Bonchev–Trinajstić information content (AvgIpc) is 3.16. The van der Waals surface area contributed by atoms with E-state index in [2.05, 4.69) is 15.3 Å². The molecule has 1 aromatic carbocycles. The third-order valence-corrected chi connectivity index (χ3v) is 7.73. The van der Waals surface area contributed by atoms with Crippen LogP contribution in [0.15, 0.2) is 53.1 Å². The van der Waals surface area contributed by atoms with Gasteiger partial charge in [-0.15, -0.1) is 11.3 Å². The fourth-order valence-electron chi connectivity index (χ4n) is 3.53. The number of fused-ring (bicyclic) bond motifs is 1. The van der Waals surface area contributed by atoms with Crippen LogP contribution in [0.5, 0.6) is 0 Å². The third-order valence-electron chi connectivity index (χ3n) is 5.07. The summed E-state index contributed by atoms with van der Waals surface area (Å²) in [7, 11) is -3.59. The molecule has 1 aliphatic heterocycles. The molecule has 1 amide bonds. The standard InChI is InChI=1S/C19H20N4O3S2/c1-13-11-23(28(25,26)15-3-2-7-20-10-15)8-6-16(13)19(24)22-14-4-5-18-17(9-14)21-12-27-18/h2-5,7,9-10,12-13,16H,6,8,11H2,1H3,(H,22,24). The number of carbonyl (C=O) groups is 1. The van der Waals surface area contributed by atoms with Crippen molar-refractivity contribution in [2.45, 2.75) is 18.2 Å². The number of piperidine rings is 1. The normalized spacial score (nSPS) is 20.9. The quantitative estimate of drug-likeness (QED) is 0.706. The van der Waals surface area contributed by atoms with Crippen LogP contribution in [0.25, 0.3) is 10.2 Å². The van der Waals surface area contributed by atoms with Gasteiger partial charge in [0.15, 0.2) is 0 Å². The van der Waals surface area contributed by atoms with Crippen LogP contribution < -0.4 is 5.32 Å². The first-order valence-corrected chi connectivity index (χ1v) is 11.3. The molecule has 0 saturated carbocycles. The van der Waals surface area contributed by atoms with Crippen LogP contribution in [-0.2, 0) is 14.8 Å². The fraction of sp³-hybridized carbons (Fsp3) is 0.316. The van der Waals surface area contributed by atoms with E-state index in [4.69, 9.17) is 0 Å². The number of pyridine rings is 1. The van der Waals surface area contributed by atoms with Crippen molar-refractivity contribution in [1.29, 1.82) is 0 Å². The first-order chi connectivity index (χ1) is 13.4. The van der Waals surface area contributed by atoms with Gasteiger partial charge >= 0.3 is 0 Å². The Morgan fingerprint density at radius 1 is 1.32 bits per heavy atom. The molecule has 0 spiro atoms. The largest absolute Gasteiger partial charge is 0.326 e. The van der Waals surface area contributed by atoms with Crippen LogP contribution >= 0.6 is 11.3 Å². The molecule has 3 heterocycles. The zero-order valence-corrected chi connectivity index (χ0v) is 16.9. The van der Waals surface area contributed by atoms with E-state index < -0.39 is 10.0 Å². The molecule has 1 fully saturated rings. The number of carbonyl (C=O) groups excluding carboxylic acids is 1. The Labute approximate surface area is 167 Å². The van der Waals surface area contributed by atoms with Gasteiger partial charge in [0.25, 0.3) is 0 Å². The first kappa shape index (κ1) is 19.0. The van der Waals surface area contributed by atoms with Gasteiger partial charge in [0.1, 0.15) is 4.90 Å². The maximum atomic E-state index is 12.8. The first-order valence-electron chi connectivity index (χ1n) is 8.99. The van der Waals surface area contributed by atoms with E-state index in [0.717, 1.165) is 10.2 Å². The Balaban J connectivity index is 1.44. The third kappa shape index (κ3) is 3.65. The highest BCUT2D eigenvalue weighted by Gasteiger charge is 2.36. The number of nitrogens with zero attached hydrogens (tertiary/aromatic N) is 3. The summed E-state index contributed by atoms with van der Waals surface area (Å²) < 4.78 is 28.1. The minimum absolute atomic E-state index is 0.0829. The average molecular weight is 417 g/mol. The second kappa shape index (κ2) is 7.57. The van der Waals surface area contributed by atoms with Gasteiger partial charge < -0.3 is 5.32 Å². The van der Waals surface area contributed by atoms with Crippen molar-refractivity contribution in [1.82, 2.24) is 14.3 Å². The summed E-state index contributed by atoms with van der Waals surface area (Å²) in [6.07, 6.45) is 3.38. The second-order valence-electron chi connectivity index (χ2n) is 6.95. The maximum Gasteiger partial charge on any atom is 0.244 e. The summed E-state index contributed by atoms with van der Waals surface area (Å²) >= 11 is 1.55. The Morgan fingerprint density at radius 3 is 2.93 bits per heavy atom. The maximum absolute atomic E-state index is 12.8. The number of hydrogen-bond acceptors (Lipinski definition) is 6. The molecule has 9 heteroatoms. The molecule has 28 heavy (non-hydrogen) atoms. The van der Waals surface area contributed by atoms with Crippen molar-refractivity contribution in [3.8, 4) is 0 Å². The molecule has 7 nitrogen and oxygen atoms in total. The molecule has 0 bridgehead atoms. The number of aromatic nitrogens is 2. The number of hydrogen-bond donors (Lipinski definition) is 1. The van der Waals surface area contributed by atoms with Crippen LogP contribution in [0.4, 0.5) is 5.69 Å². The van der Waals surface area contributed by atoms with Gasteiger partial charge in [0, 0.05) is 37.1 Å². The number of amides is 1. The number of anilines is 1.